The summed E-state index contributed by atoms with van der Waals surface area (Å²) in [5.74, 6) is -0.411. The van der Waals surface area contributed by atoms with Crippen LogP contribution in [-0.4, -0.2) is 18.6 Å². The highest BCUT2D eigenvalue weighted by atomic mass is 19.1. The summed E-state index contributed by atoms with van der Waals surface area (Å²) < 4.78 is 32.7. The molecule has 2 N–H and O–H groups in total. The highest BCUT2D eigenvalue weighted by Crippen LogP contribution is 2.13. The molecule has 0 amide bonds. The molecule has 27 heavy (non-hydrogen) atoms. The first kappa shape index (κ1) is 20.8. The van der Waals surface area contributed by atoms with Crippen LogP contribution in [0, 0.1) is 11.6 Å². The van der Waals surface area contributed by atoms with Crippen molar-refractivity contribution in [1.82, 2.24) is 10.6 Å². The fourth-order valence-electron chi connectivity index (χ4n) is 2.39. The molecule has 4 nitrogen and oxygen atoms in total. The topological polar surface area (TPSA) is 45.7 Å². The first-order valence-electron chi connectivity index (χ1n) is 8.87. The lowest BCUT2D eigenvalue weighted by Crippen LogP contribution is -2.36. The van der Waals surface area contributed by atoms with Gasteiger partial charge in [0.25, 0.3) is 0 Å². The fourth-order valence-corrected chi connectivity index (χ4v) is 2.39. The summed E-state index contributed by atoms with van der Waals surface area (Å²) in [4.78, 5) is 4.11. The second kappa shape index (κ2) is 9.46. The molecule has 0 aromatic heterocycles. The molecule has 0 heterocycles. The van der Waals surface area contributed by atoms with E-state index in [0.717, 1.165) is 23.3 Å². The van der Waals surface area contributed by atoms with E-state index in [4.69, 9.17) is 4.74 Å². The third-order valence-electron chi connectivity index (χ3n) is 3.80. The molecule has 2 aromatic rings. The molecule has 0 fully saturated rings. The van der Waals surface area contributed by atoms with E-state index in [9.17, 15) is 8.78 Å². The zero-order valence-corrected chi connectivity index (χ0v) is 16.3. The summed E-state index contributed by atoms with van der Waals surface area (Å²) in [6.45, 7) is 7.31. The number of nitrogens with zero attached hydrogens (tertiary/aromatic N) is 1. The highest BCUT2D eigenvalue weighted by Gasteiger charge is 2.10. The summed E-state index contributed by atoms with van der Waals surface area (Å²) in [7, 11) is 1.63. The van der Waals surface area contributed by atoms with Gasteiger partial charge in [-0.2, -0.15) is 0 Å². The molecule has 0 bridgehead atoms. The molecule has 0 saturated heterocycles. The maximum absolute atomic E-state index is 13.7. The van der Waals surface area contributed by atoms with E-state index in [-0.39, 0.29) is 17.7 Å². The molecule has 0 aliphatic heterocycles. The molecule has 0 saturated carbocycles. The summed E-state index contributed by atoms with van der Waals surface area (Å²) in [5.41, 5.74) is 2.23. The second-order valence-corrected chi connectivity index (χ2v) is 7.24. The quantitative estimate of drug-likeness (QED) is 0.589. The predicted molar refractivity (Wildman–Crippen MR) is 104 cm³/mol. The van der Waals surface area contributed by atoms with Crippen LogP contribution in [0.1, 0.15) is 37.5 Å². The Labute approximate surface area is 159 Å². The van der Waals surface area contributed by atoms with Gasteiger partial charge in [0.15, 0.2) is 5.96 Å². The van der Waals surface area contributed by atoms with Gasteiger partial charge >= 0.3 is 0 Å². The first-order valence-corrected chi connectivity index (χ1v) is 8.87. The third-order valence-corrected chi connectivity index (χ3v) is 3.80. The number of ether oxygens (including phenoxy) is 1. The molecule has 0 atom stereocenters. The average Bonchev–Trinajstić information content (AvgIpc) is 2.62. The van der Waals surface area contributed by atoms with Crippen molar-refractivity contribution in [2.45, 2.75) is 46.1 Å². The maximum Gasteiger partial charge on any atom is 0.191 e. The Morgan fingerprint density at radius 3 is 2.41 bits per heavy atom. The monoisotopic (exact) mass is 375 g/mol. The van der Waals surface area contributed by atoms with Gasteiger partial charge in [-0.15, -0.1) is 0 Å². The Morgan fingerprint density at radius 1 is 1.00 bits per heavy atom. The number of guanidine groups is 1. The second-order valence-electron chi connectivity index (χ2n) is 7.24. The smallest absolute Gasteiger partial charge is 0.191 e. The Morgan fingerprint density at radius 2 is 1.70 bits per heavy atom. The standard InChI is InChI=1S/C21H27F2N3O/c1-21(2,3)27-14-16-7-5-6-15(10-16)12-25-20(24-4)26-13-17-11-18(22)8-9-19(17)23/h5-11H,12-14H2,1-4H3,(H2,24,25,26). The van der Waals surface area contributed by atoms with Crippen LogP contribution in [0.15, 0.2) is 47.5 Å². The average molecular weight is 375 g/mol. The Bertz CT molecular complexity index is 785. The Hall–Kier alpha value is -2.47. The molecule has 0 radical (unpaired) electrons. The van der Waals surface area contributed by atoms with Gasteiger partial charge < -0.3 is 15.4 Å². The lowest BCUT2D eigenvalue weighted by molar-refractivity contribution is -0.0149. The minimum Gasteiger partial charge on any atom is -0.371 e. The number of benzene rings is 2. The summed E-state index contributed by atoms with van der Waals surface area (Å²) >= 11 is 0. The van der Waals surface area contributed by atoms with Gasteiger partial charge in [-0.05, 0) is 50.1 Å². The van der Waals surface area contributed by atoms with E-state index in [1.54, 1.807) is 7.05 Å². The number of rotatable bonds is 6. The van der Waals surface area contributed by atoms with Crippen LogP contribution in [0.2, 0.25) is 0 Å². The van der Waals surface area contributed by atoms with E-state index in [1.807, 2.05) is 39.0 Å². The van der Waals surface area contributed by atoms with Crippen LogP contribution in [0.3, 0.4) is 0 Å². The van der Waals surface area contributed by atoms with Crippen LogP contribution in [0.4, 0.5) is 8.78 Å². The number of aliphatic imine (C=N–C) groups is 1. The number of hydrogen-bond donors (Lipinski definition) is 2. The lowest BCUT2D eigenvalue weighted by atomic mass is 10.1. The molecule has 0 aliphatic carbocycles. The van der Waals surface area contributed by atoms with Crippen molar-refractivity contribution in [2.75, 3.05) is 7.05 Å². The minimum absolute atomic E-state index is 0.142. The van der Waals surface area contributed by atoms with Gasteiger partial charge in [0.2, 0.25) is 0 Å². The van der Waals surface area contributed by atoms with Crippen molar-refractivity contribution in [2.24, 2.45) is 4.99 Å². The van der Waals surface area contributed by atoms with Gasteiger partial charge in [0.1, 0.15) is 11.6 Å². The van der Waals surface area contributed by atoms with Crippen molar-refractivity contribution >= 4 is 5.96 Å². The van der Waals surface area contributed by atoms with Crippen LogP contribution in [0.25, 0.3) is 0 Å². The summed E-state index contributed by atoms with van der Waals surface area (Å²) in [6.07, 6.45) is 0. The normalized spacial score (nSPS) is 12.1. The van der Waals surface area contributed by atoms with Crippen molar-refractivity contribution in [3.05, 3.63) is 70.8 Å². The third kappa shape index (κ3) is 7.35. The van der Waals surface area contributed by atoms with E-state index in [1.165, 1.54) is 6.07 Å². The highest BCUT2D eigenvalue weighted by molar-refractivity contribution is 5.79. The molecule has 0 aliphatic rings. The van der Waals surface area contributed by atoms with E-state index in [2.05, 4.69) is 21.7 Å². The minimum atomic E-state index is -0.467. The fraction of sp³-hybridized carbons (Fsp3) is 0.381. The number of nitrogens with one attached hydrogen (secondary N) is 2. The molecule has 2 rings (SSSR count). The molecular weight excluding hydrogens is 348 g/mol. The van der Waals surface area contributed by atoms with Crippen molar-refractivity contribution in [1.29, 1.82) is 0 Å². The van der Waals surface area contributed by atoms with Crippen LogP contribution in [0.5, 0.6) is 0 Å². The van der Waals surface area contributed by atoms with Gasteiger partial charge in [0.05, 0.1) is 12.2 Å². The van der Waals surface area contributed by atoms with Crippen molar-refractivity contribution in [3.63, 3.8) is 0 Å². The van der Waals surface area contributed by atoms with E-state index in [0.29, 0.717) is 19.1 Å². The van der Waals surface area contributed by atoms with Crippen molar-refractivity contribution < 1.29 is 13.5 Å². The SMILES string of the molecule is CN=C(NCc1cccc(COC(C)(C)C)c1)NCc1cc(F)ccc1F. The lowest BCUT2D eigenvalue weighted by Gasteiger charge is -2.19. The molecular formula is C21H27F2N3O. The Balaban J connectivity index is 1.89. The number of hydrogen-bond acceptors (Lipinski definition) is 2. The van der Waals surface area contributed by atoms with Crippen LogP contribution in [-0.2, 0) is 24.4 Å². The molecule has 2 aromatic carbocycles. The van der Waals surface area contributed by atoms with Crippen LogP contribution >= 0.6 is 0 Å². The van der Waals surface area contributed by atoms with Crippen molar-refractivity contribution in [3.8, 4) is 0 Å². The first-order chi connectivity index (χ1) is 12.8. The Kier molecular flexibility index (Phi) is 7.30. The van der Waals surface area contributed by atoms with Gasteiger partial charge in [0, 0.05) is 25.7 Å². The van der Waals surface area contributed by atoms with Gasteiger partial charge in [-0.25, -0.2) is 8.78 Å². The molecule has 0 spiro atoms. The zero-order valence-electron chi connectivity index (χ0n) is 16.3. The largest absolute Gasteiger partial charge is 0.371 e. The van der Waals surface area contributed by atoms with E-state index < -0.39 is 11.6 Å². The molecule has 0 unspecified atom stereocenters. The maximum atomic E-state index is 13.7. The molecule has 6 heteroatoms. The summed E-state index contributed by atoms with van der Waals surface area (Å²) in [6, 6.07) is 11.5. The summed E-state index contributed by atoms with van der Waals surface area (Å²) in [5, 5.41) is 6.16. The number of halogens is 2. The van der Waals surface area contributed by atoms with Gasteiger partial charge in [-0.1, -0.05) is 24.3 Å². The van der Waals surface area contributed by atoms with Gasteiger partial charge in [-0.3, -0.25) is 4.99 Å². The molecule has 146 valence electrons. The van der Waals surface area contributed by atoms with E-state index >= 15 is 0 Å². The van der Waals surface area contributed by atoms with Crippen LogP contribution < -0.4 is 10.6 Å². The zero-order chi connectivity index (χ0) is 19.9. The predicted octanol–water partition coefficient (Wildman–Crippen LogP) is 4.15.